The van der Waals surface area contributed by atoms with Gasteiger partial charge in [-0.2, -0.15) is 0 Å². The number of phenols is 1. The van der Waals surface area contributed by atoms with Crippen molar-refractivity contribution in [2.75, 3.05) is 19.8 Å². The Bertz CT molecular complexity index is 1250. The van der Waals surface area contributed by atoms with E-state index in [2.05, 4.69) is 10.3 Å². The lowest BCUT2D eigenvalue weighted by atomic mass is 10.1. The summed E-state index contributed by atoms with van der Waals surface area (Å²) >= 11 is 1.13. The number of aliphatic imine (C=N–C) groups is 1. The summed E-state index contributed by atoms with van der Waals surface area (Å²) in [6.07, 6.45) is 1.66. The molecule has 3 rings (SSSR count). The molecule has 1 heterocycles. The second-order valence-electron chi connectivity index (χ2n) is 9.17. The van der Waals surface area contributed by atoms with Crippen molar-refractivity contribution in [3.63, 3.8) is 0 Å². The highest BCUT2D eigenvalue weighted by molar-refractivity contribution is 8.18. The van der Waals surface area contributed by atoms with Gasteiger partial charge in [0, 0.05) is 6.54 Å². The van der Waals surface area contributed by atoms with E-state index in [-0.39, 0.29) is 36.0 Å². The Balaban J connectivity index is 1.68. The van der Waals surface area contributed by atoms with Crippen LogP contribution in [0.2, 0.25) is 0 Å². The predicted octanol–water partition coefficient (Wildman–Crippen LogP) is 5.88. The van der Waals surface area contributed by atoms with E-state index in [0.29, 0.717) is 34.2 Å². The second-order valence-corrected chi connectivity index (χ2v) is 10.2. The highest BCUT2D eigenvalue weighted by atomic mass is 32.2. The summed E-state index contributed by atoms with van der Waals surface area (Å²) in [6.45, 7) is 7.84. The number of carbonyl (C=O) groups is 2. The first-order valence-electron chi connectivity index (χ1n) is 12.1. The molecule has 0 bridgehead atoms. The first-order valence-corrected chi connectivity index (χ1v) is 13.0. The summed E-state index contributed by atoms with van der Waals surface area (Å²) in [5.74, 6) is -0.708. The van der Waals surface area contributed by atoms with E-state index in [1.165, 1.54) is 6.07 Å². The molecular weight excluding hydrogens is 508 g/mol. The summed E-state index contributed by atoms with van der Waals surface area (Å²) in [7, 11) is 0. The first-order chi connectivity index (χ1) is 18.1. The van der Waals surface area contributed by atoms with Crippen molar-refractivity contribution in [3.05, 3.63) is 70.3 Å². The van der Waals surface area contributed by atoms with E-state index in [9.17, 15) is 19.8 Å². The largest absolute Gasteiger partial charge is 0.506 e. The molecule has 3 N–H and O–H groups in total. The van der Waals surface area contributed by atoms with Gasteiger partial charge in [0.2, 0.25) is 0 Å². The van der Waals surface area contributed by atoms with Gasteiger partial charge in [-0.1, -0.05) is 36.0 Å². The Morgan fingerprint density at radius 2 is 1.84 bits per heavy atom. The molecule has 38 heavy (non-hydrogen) atoms. The average Bonchev–Trinajstić information content (AvgIpc) is 3.14. The number of para-hydroxylation sites is 1. The minimum absolute atomic E-state index is 0.00359. The number of hydrogen-bond acceptors (Lipinski definition) is 9. The molecule has 0 saturated carbocycles. The predicted molar refractivity (Wildman–Crippen MR) is 148 cm³/mol. The molecule has 0 unspecified atom stereocenters. The zero-order valence-corrected chi connectivity index (χ0v) is 22.6. The van der Waals surface area contributed by atoms with Gasteiger partial charge < -0.3 is 29.7 Å². The van der Waals surface area contributed by atoms with Gasteiger partial charge in [-0.3, -0.25) is 0 Å². The average molecular weight is 541 g/mol. The number of thioether (sulfide) groups is 1. The topological polar surface area (TPSA) is 127 Å². The number of phenolic OH excluding ortho intramolecular Hbond substituents is 1. The van der Waals surface area contributed by atoms with Crippen LogP contribution in [0.25, 0.3) is 6.08 Å². The summed E-state index contributed by atoms with van der Waals surface area (Å²) in [5, 5.41) is 24.2. The second kappa shape index (κ2) is 13.0. The molecule has 0 radical (unpaired) electrons. The minimum Gasteiger partial charge on any atom is -0.506 e. The normalized spacial score (nSPS) is 15.6. The van der Waals surface area contributed by atoms with Gasteiger partial charge in [-0.05, 0) is 70.0 Å². The van der Waals surface area contributed by atoms with Crippen LogP contribution in [0.3, 0.4) is 0 Å². The van der Waals surface area contributed by atoms with E-state index in [1.807, 2.05) is 18.2 Å². The van der Waals surface area contributed by atoms with Crippen molar-refractivity contribution < 1.29 is 34.0 Å². The molecule has 1 aliphatic rings. The molecule has 2 aromatic rings. The number of benzene rings is 2. The molecule has 202 valence electrons. The number of alkyl carbamates (subject to hydrolysis) is 1. The number of esters is 1. The van der Waals surface area contributed by atoms with E-state index in [0.717, 1.165) is 11.8 Å². The molecule has 0 aromatic heterocycles. The van der Waals surface area contributed by atoms with E-state index < -0.39 is 17.7 Å². The zero-order valence-electron chi connectivity index (χ0n) is 21.8. The lowest BCUT2D eigenvalue weighted by molar-refractivity contribution is -0.138. The number of carbonyl (C=O) groups excluding carboxylic acids is 2. The van der Waals surface area contributed by atoms with Gasteiger partial charge in [0.05, 0.1) is 23.8 Å². The van der Waals surface area contributed by atoms with E-state index in [4.69, 9.17) is 14.2 Å². The minimum atomic E-state index is -0.664. The molecule has 0 spiro atoms. The fraction of sp³-hybridized carbons (Fsp3) is 0.321. The fourth-order valence-corrected chi connectivity index (χ4v) is 4.30. The van der Waals surface area contributed by atoms with Crippen LogP contribution in [0.1, 0.15) is 39.7 Å². The zero-order chi connectivity index (χ0) is 27.7. The number of aliphatic hydroxyl groups is 1. The smallest absolute Gasteiger partial charge is 0.407 e. The highest BCUT2D eigenvalue weighted by Crippen LogP contribution is 2.41. The Kier molecular flexibility index (Phi) is 9.84. The SMILES string of the molecule is CCOC(=O)C1=C(O)/C(=C/c2ccc(OCCCNC(=O)OC(C)(C)C)c(O)c2)SC1=Nc1ccccc1. The van der Waals surface area contributed by atoms with Crippen molar-refractivity contribution in [2.24, 2.45) is 4.99 Å². The van der Waals surface area contributed by atoms with Crippen LogP contribution in [-0.4, -0.2) is 52.7 Å². The Hall–Kier alpha value is -3.92. The van der Waals surface area contributed by atoms with Crippen molar-refractivity contribution in [1.29, 1.82) is 0 Å². The standard InChI is InChI=1S/C28H32N2O7S/c1-5-35-26(33)23-24(32)22(38-25(23)30-19-10-7-6-8-11-19)17-18-12-13-21(20(31)16-18)36-15-9-14-29-27(34)37-28(2,3)4/h6-8,10-13,16-17,31-32H,5,9,14-15H2,1-4H3,(H,29,34)/b22-17-,30-25?. The quantitative estimate of drug-likeness (QED) is 0.266. The molecule has 2 aromatic carbocycles. The number of amides is 1. The number of nitrogens with one attached hydrogen (secondary N) is 1. The van der Waals surface area contributed by atoms with Crippen LogP contribution < -0.4 is 10.1 Å². The van der Waals surface area contributed by atoms with Crippen LogP contribution >= 0.6 is 11.8 Å². The Morgan fingerprint density at radius 3 is 2.50 bits per heavy atom. The first kappa shape index (κ1) is 28.6. The fourth-order valence-electron chi connectivity index (χ4n) is 3.27. The van der Waals surface area contributed by atoms with Gasteiger partial charge in [0.25, 0.3) is 0 Å². The maximum Gasteiger partial charge on any atom is 0.407 e. The van der Waals surface area contributed by atoms with Crippen molar-refractivity contribution in [2.45, 2.75) is 39.7 Å². The molecular formula is C28H32N2O7S. The molecule has 9 nitrogen and oxygen atoms in total. The Morgan fingerprint density at radius 1 is 1.11 bits per heavy atom. The molecule has 10 heteroatoms. The third kappa shape index (κ3) is 8.31. The van der Waals surface area contributed by atoms with Crippen LogP contribution in [-0.2, 0) is 14.3 Å². The monoisotopic (exact) mass is 540 g/mol. The van der Waals surface area contributed by atoms with Crippen molar-refractivity contribution in [1.82, 2.24) is 5.32 Å². The van der Waals surface area contributed by atoms with Gasteiger partial charge in [-0.25, -0.2) is 14.6 Å². The number of nitrogens with zero attached hydrogens (tertiary/aromatic N) is 1. The summed E-state index contributed by atoms with van der Waals surface area (Å²) in [4.78, 5) is 29.1. The molecule has 0 fully saturated rings. The molecule has 0 aliphatic carbocycles. The van der Waals surface area contributed by atoms with Gasteiger partial charge >= 0.3 is 12.1 Å². The lowest BCUT2D eigenvalue weighted by Gasteiger charge is -2.19. The van der Waals surface area contributed by atoms with Crippen molar-refractivity contribution in [3.8, 4) is 11.5 Å². The maximum absolute atomic E-state index is 12.6. The van der Waals surface area contributed by atoms with Gasteiger partial charge in [-0.15, -0.1) is 0 Å². The highest BCUT2D eigenvalue weighted by Gasteiger charge is 2.33. The van der Waals surface area contributed by atoms with Crippen molar-refractivity contribution >= 4 is 40.6 Å². The van der Waals surface area contributed by atoms with Crippen LogP contribution in [0.15, 0.2) is 69.8 Å². The summed E-state index contributed by atoms with van der Waals surface area (Å²) in [6, 6.07) is 13.9. The number of aliphatic hydroxyl groups excluding tert-OH is 1. The third-order valence-electron chi connectivity index (χ3n) is 4.88. The number of hydrogen-bond donors (Lipinski definition) is 3. The third-order valence-corrected chi connectivity index (χ3v) is 5.90. The van der Waals surface area contributed by atoms with Crippen LogP contribution in [0.5, 0.6) is 11.5 Å². The maximum atomic E-state index is 12.6. The Labute approximate surface area is 226 Å². The number of ether oxygens (including phenoxy) is 3. The molecule has 0 saturated heterocycles. The molecule has 1 amide bonds. The van der Waals surface area contributed by atoms with Gasteiger partial charge in [0.15, 0.2) is 11.5 Å². The van der Waals surface area contributed by atoms with Gasteiger partial charge in [0.1, 0.15) is 22.0 Å². The lowest BCUT2D eigenvalue weighted by Crippen LogP contribution is -2.33. The molecule has 1 aliphatic heterocycles. The van der Waals surface area contributed by atoms with Crippen LogP contribution in [0, 0.1) is 0 Å². The molecule has 0 atom stereocenters. The van der Waals surface area contributed by atoms with Crippen LogP contribution in [0.4, 0.5) is 10.5 Å². The summed E-state index contributed by atoms with van der Waals surface area (Å²) < 4.78 is 15.9. The number of aromatic hydroxyl groups is 1. The number of rotatable bonds is 9. The van der Waals surface area contributed by atoms with E-state index >= 15 is 0 Å². The summed E-state index contributed by atoms with van der Waals surface area (Å²) in [5.41, 5.74) is 0.644. The van der Waals surface area contributed by atoms with E-state index in [1.54, 1.807) is 58.0 Å².